The number of rotatable bonds is 4. The number of esters is 1. The maximum absolute atomic E-state index is 12.8. The fourth-order valence-electron chi connectivity index (χ4n) is 1.33. The van der Waals surface area contributed by atoms with Crippen LogP contribution in [0.5, 0.6) is 0 Å². The Morgan fingerprint density at radius 1 is 1.65 bits per heavy atom. The first-order valence-corrected chi connectivity index (χ1v) is 5.21. The lowest BCUT2D eigenvalue weighted by Gasteiger charge is -2.12. The minimum absolute atomic E-state index is 0.00208. The van der Waals surface area contributed by atoms with Crippen LogP contribution in [0.4, 0.5) is 14.5 Å². The zero-order valence-electron chi connectivity index (χ0n) is 9.04. The van der Waals surface area contributed by atoms with Gasteiger partial charge in [0.15, 0.2) is 0 Å². The Kier molecular flexibility index (Phi) is 4.62. The molecule has 4 nitrogen and oxygen atoms in total. The van der Waals surface area contributed by atoms with E-state index in [9.17, 15) is 13.6 Å². The van der Waals surface area contributed by atoms with Gasteiger partial charge in [-0.3, -0.25) is 4.79 Å². The molecule has 0 atom stereocenters. The number of carbonyl (C=O) groups is 1. The Bertz CT molecular complexity index is 427. The van der Waals surface area contributed by atoms with E-state index < -0.39 is 18.0 Å². The smallest absolute Gasteiger partial charge is 0.310 e. The fourth-order valence-corrected chi connectivity index (χ4v) is 1.57. The van der Waals surface area contributed by atoms with Gasteiger partial charge in [-0.05, 0) is 12.5 Å². The molecule has 94 valence electrons. The molecule has 1 aromatic rings. The summed E-state index contributed by atoms with van der Waals surface area (Å²) < 4.78 is 30.2. The van der Waals surface area contributed by atoms with Crippen molar-refractivity contribution < 1.29 is 18.3 Å². The molecule has 0 aliphatic rings. The second-order valence-corrected chi connectivity index (χ2v) is 3.54. The van der Waals surface area contributed by atoms with Crippen LogP contribution in [0.3, 0.4) is 0 Å². The number of pyridine rings is 1. The minimum atomic E-state index is -2.84. The topological polar surface area (TPSA) is 65.2 Å². The molecule has 7 heteroatoms. The molecule has 0 aliphatic carbocycles. The fraction of sp³-hybridized carbons (Fsp3) is 0.400. The number of alkyl halides is 2. The highest BCUT2D eigenvalue weighted by molar-refractivity contribution is 6.30. The number of carbonyl (C=O) groups excluding carboxylic acids is 1. The van der Waals surface area contributed by atoms with Gasteiger partial charge < -0.3 is 10.5 Å². The molecular weight excluding hydrogens is 254 g/mol. The van der Waals surface area contributed by atoms with Crippen LogP contribution < -0.4 is 5.73 Å². The van der Waals surface area contributed by atoms with Crippen molar-refractivity contribution in [1.29, 1.82) is 0 Å². The molecule has 0 amide bonds. The third-order valence-electron chi connectivity index (χ3n) is 2.06. The molecule has 0 saturated heterocycles. The average Bonchev–Trinajstić information content (AvgIpc) is 2.23. The lowest BCUT2D eigenvalue weighted by atomic mass is 10.1. The van der Waals surface area contributed by atoms with Gasteiger partial charge in [-0.15, -0.1) is 0 Å². The van der Waals surface area contributed by atoms with Crippen molar-refractivity contribution in [2.45, 2.75) is 19.8 Å². The van der Waals surface area contributed by atoms with Gasteiger partial charge in [-0.25, -0.2) is 13.8 Å². The number of aromatic nitrogens is 1. The highest BCUT2D eigenvalue weighted by atomic mass is 35.5. The summed E-state index contributed by atoms with van der Waals surface area (Å²) in [7, 11) is 0. The molecule has 0 aliphatic heterocycles. The number of nitrogen functional groups attached to an aromatic ring is 1. The largest absolute Gasteiger partial charge is 0.466 e. The molecule has 0 unspecified atom stereocenters. The van der Waals surface area contributed by atoms with Gasteiger partial charge in [0, 0.05) is 0 Å². The van der Waals surface area contributed by atoms with E-state index in [-0.39, 0.29) is 29.4 Å². The van der Waals surface area contributed by atoms with Gasteiger partial charge in [0.1, 0.15) is 5.15 Å². The monoisotopic (exact) mass is 264 g/mol. The quantitative estimate of drug-likeness (QED) is 0.670. The number of halogens is 3. The highest BCUT2D eigenvalue weighted by Gasteiger charge is 2.22. The summed E-state index contributed by atoms with van der Waals surface area (Å²) in [5.74, 6) is -0.636. The normalized spacial score (nSPS) is 10.6. The van der Waals surface area contributed by atoms with Crippen LogP contribution in [0.2, 0.25) is 5.15 Å². The van der Waals surface area contributed by atoms with Gasteiger partial charge >= 0.3 is 5.97 Å². The Morgan fingerprint density at radius 3 is 2.82 bits per heavy atom. The van der Waals surface area contributed by atoms with Crippen LogP contribution in [-0.2, 0) is 16.0 Å². The first-order chi connectivity index (χ1) is 7.97. The summed E-state index contributed by atoms with van der Waals surface area (Å²) in [6.45, 7) is 1.79. The molecule has 0 fully saturated rings. The first kappa shape index (κ1) is 13.6. The molecule has 0 aromatic carbocycles. The van der Waals surface area contributed by atoms with Crippen LogP contribution in [0, 0.1) is 0 Å². The lowest BCUT2D eigenvalue weighted by Crippen LogP contribution is -2.12. The first-order valence-electron chi connectivity index (χ1n) is 4.83. The number of ether oxygens (including phenoxy) is 1. The number of hydrogen-bond acceptors (Lipinski definition) is 4. The SMILES string of the molecule is CCOC(=O)Cc1c(N)cnc(Cl)c1C(F)F. The zero-order valence-corrected chi connectivity index (χ0v) is 9.80. The molecule has 1 aromatic heterocycles. The van der Waals surface area contributed by atoms with Gasteiger partial charge in [-0.2, -0.15) is 0 Å². The van der Waals surface area contributed by atoms with Crippen molar-refractivity contribution >= 4 is 23.3 Å². The van der Waals surface area contributed by atoms with Crippen LogP contribution in [0.25, 0.3) is 0 Å². The predicted octanol–water partition coefficient (Wildman–Crippen LogP) is 2.36. The molecule has 2 N–H and O–H groups in total. The summed E-state index contributed by atoms with van der Waals surface area (Å²) >= 11 is 5.56. The van der Waals surface area contributed by atoms with E-state index >= 15 is 0 Å². The molecule has 0 saturated carbocycles. The highest BCUT2D eigenvalue weighted by Crippen LogP contribution is 2.32. The second kappa shape index (κ2) is 5.77. The Hall–Kier alpha value is -1.43. The van der Waals surface area contributed by atoms with Crippen LogP contribution >= 0.6 is 11.6 Å². The van der Waals surface area contributed by atoms with E-state index in [4.69, 9.17) is 17.3 Å². The molecule has 0 bridgehead atoms. The van der Waals surface area contributed by atoms with Gasteiger partial charge in [0.25, 0.3) is 6.43 Å². The maximum Gasteiger partial charge on any atom is 0.310 e. The summed E-state index contributed by atoms with van der Waals surface area (Å²) in [4.78, 5) is 14.8. The zero-order chi connectivity index (χ0) is 13.0. The Labute approximate surface area is 102 Å². The van der Waals surface area contributed by atoms with E-state index in [0.29, 0.717) is 0 Å². The van der Waals surface area contributed by atoms with Crippen LogP contribution in [0.15, 0.2) is 6.20 Å². The van der Waals surface area contributed by atoms with Crippen molar-refractivity contribution in [3.05, 3.63) is 22.5 Å². The predicted molar refractivity (Wildman–Crippen MR) is 59.0 cm³/mol. The van der Waals surface area contributed by atoms with Gasteiger partial charge in [-0.1, -0.05) is 11.6 Å². The third kappa shape index (κ3) is 3.26. The second-order valence-electron chi connectivity index (χ2n) is 3.18. The van der Waals surface area contributed by atoms with Gasteiger partial charge in [0.2, 0.25) is 0 Å². The molecule has 0 radical (unpaired) electrons. The van der Waals surface area contributed by atoms with Crippen molar-refractivity contribution in [3.8, 4) is 0 Å². The number of anilines is 1. The molecule has 0 spiro atoms. The minimum Gasteiger partial charge on any atom is -0.466 e. The molecule has 17 heavy (non-hydrogen) atoms. The van der Waals surface area contributed by atoms with Crippen molar-refractivity contribution in [2.24, 2.45) is 0 Å². The lowest BCUT2D eigenvalue weighted by molar-refractivity contribution is -0.142. The van der Waals surface area contributed by atoms with E-state index in [1.54, 1.807) is 6.92 Å². The molecule has 1 heterocycles. The summed E-state index contributed by atoms with van der Waals surface area (Å²) in [5, 5.41) is -0.353. The van der Waals surface area contributed by atoms with Gasteiger partial charge in [0.05, 0.1) is 30.5 Å². The van der Waals surface area contributed by atoms with E-state index in [0.717, 1.165) is 6.20 Å². The average molecular weight is 265 g/mol. The van der Waals surface area contributed by atoms with Crippen molar-refractivity contribution in [1.82, 2.24) is 4.98 Å². The number of hydrogen-bond donors (Lipinski definition) is 1. The van der Waals surface area contributed by atoms with Crippen LogP contribution in [0.1, 0.15) is 24.5 Å². The van der Waals surface area contributed by atoms with Crippen molar-refractivity contribution in [3.63, 3.8) is 0 Å². The summed E-state index contributed by atoms with van der Waals surface area (Å²) in [5.41, 5.74) is 4.96. The van der Waals surface area contributed by atoms with Crippen molar-refractivity contribution in [2.75, 3.05) is 12.3 Å². The number of nitrogens with zero attached hydrogens (tertiary/aromatic N) is 1. The van der Waals surface area contributed by atoms with E-state index in [1.807, 2.05) is 0 Å². The Morgan fingerprint density at radius 2 is 2.29 bits per heavy atom. The van der Waals surface area contributed by atoms with E-state index in [1.165, 1.54) is 0 Å². The standard InChI is InChI=1S/C10H11ClF2N2O2/c1-2-17-7(16)3-5-6(14)4-15-9(11)8(5)10(12)13/h4,10H,2-3,14H2,1H3. The van der Waals surface area contributed by atoms with Crippen LogP contribution in [-0.4, -0.2) is 17.6 Å². The van der Waals surface area contributed by atoms with E-state index in [2.05, 4.69) is 9.72 Å². The molecular formula is C10H11ClF2N2O2. The summed E-state index contributed by atoms with van der Waals surface area (Å²) in [6.07, 6.45) is -2.05. The molecule has 1 rings (SSSR count). The maximum atomic E-state index is 12.8. The Balaban J connectivity index is 3.12. The summed E-state index contributed by atoms with van der Waals surface area (Å²) in [6, 6.07) is 0. The third-order valence-corrected chi connectivity index (χ3v) is 2.36. The number of nitrogens with two attached hydrogens (primary N) is 1.